The number of methoxy groups -OCH3 is 1. The summed E-state index contributed by atoms with van der Waals surface area (Å²) in [7, 11) is -2.04. The fraction of sp³-hybridized carbons (Fsp3) is 0.400. The lowest BCUT2D eigenvalue weighted by molar-refractivity contribution is 0.196. The summed E-state index contributed by atoms with van der Waals surface area (Å²) in [5.41, 5.74) is 0.645. The molecule has 0 saturated carbocycles. The minimum absolute atomic E-state index is 0.0682. The fourth-order valence-electron chi connectivity index (χ4n) is 1.50. The zero-order chi connectivity index (χ0) is 13.0. The molecule has 98 valence electrons. The monoisotopic (exact) mass is 271 g/mol. The lowest BCUT2D eigenvalue weighted by Crippen LogP contribution is -2.25. The van der Waals surface area contributed by atoms with Crippen molar-refractivity contribution in [2.75, 3.05) is 20.3 Å². The molecule has 1 N–H and O–H groups in total. The second kappa shape index (κ2) is 5.42. The van der Waals surface area contributed by atoms with Gasteiger partial charge < -0.3 is 4.74 Å². The number of benzene rings is 1. The Hall–Kier alpha value is -1.51. The first-order chi connectivity index (χ1) is 8.65. The van der Waals surface area contributed by atoms with Crippen LogP contribution in [0.5, 0.6) is 0 Å². The van der Waals surface area contributed by atoms with Gasteiger partial charge >= 0.3 is 0 Å². The summed E-state index contributed by atoms with van der Waals surface area (Å²) in [6.45, 7) is 0.802. The third-order valence-electron chi connectivity index (χ3n) is 2.36. The quantitative estimate of drug-likeness (QED) is 0.770. The Morgan fingerprint density at radius 3 is 3.00 bits per heavy atom. The SMILES string of the molecule is COCCCNS(=O)(=O)c1cccc2nonc12. The van der Waals surface area contributed by atoms with Crippen molar-refractivity contribution in [2.45, 2.75) is 11.3 Å². The second-order valence-corrected chi connectivity index (χ2v) is 5.37. The van der Waals surface area contributed by atoms with Crippen LogP contribution >= 0.6 is 0 Å². The Kier molecular flexibility index (Phi) is 3.90. The van der Waals surface area contributed by atoms with Gasteiger partial charge in [0, 0.05) is 20.3 Å². The van der Waals surface area contributed by atoms with Crippen LogP contribution in [-0.2, 0) is 14.8 Å². The number of nitrogens with one attached hydrogen (secondary N) is 1. The van der Waals surface area contributed by atoms with Crippen LogP contribution in [0.15, 0.2) is 27.7 Å². The molecular formula is C10H13N3O4S. The highest BCUT2D eigenvalue weighted by molar-refractivity contribution is 7.89. The van der Waals surface area contributed by atoms with E-state index in [1.807, 2.05) is 0 Å². The average Bonchev–Trinajstić information content (AvgIpc) is 2.82. The topological polar surface area (TPSA) is 94.3 Å². The molecule has 1 aromatic heterocycles. The Labute approximate surface area is 104 Å². The molecule has 0 aliphatic carbocycles. The summed E-state index contributed by atoms with van der Waals surface area (Å²) in [6.07, 6.45) is 0.600. The molecule has 0 saturated heterocycles. The smallest absolute Gasteiger partial charge is 0.242 e. The van der Waals surface area contributed by atoms with E-state index in [4.69, 9.17) is 4.74 Å². The minimum atomic E-state index is -3.61. The third-order valence-corrected chi connectivity index (χ3v) is 3.85. The van der Waals surface area contributed by atoms with Crippen LogP contribution in [-0.4, -0.2) is 39.0 Å². The lowest BCUT2D eigenvalue weighted by Gasteiger charge is -2.06. The molecule has 2 aromatic rings. The van der Waals surface area contributed by atoms with Crippen LogP contribution in [0.3, 0.4) is 0 Å². The van der Waals surface area contributed by atoms with E-state index < -0.39 is 10.0 Å². The lowest BCUT2D eigenvalue weighted by atomic mass is 10.3. The van der Waals surface area contributed by atoms with Crippen molar-refractivity contribution in [2.24, 2.45) is 0 Å². The summed E-state index contributed by atoms with van der Waals surface area (Å²) in [5.74, 6) is 0. The first-order valence-electron chi connectivity index (χ1n) is 5.35. The molecular weight excluding hydrogens is 258 g/mol. The second-order valence-electron chi connectivity index (χ2n) is 3.63. The highest BCUT2D eigenvalue weighted by atomic mass is 32.2. The third kappa shape index (κ3) is 2.66. The van der Waals surface area contributed by atoms with E-state index in [1.165, 1.54) is 6.07 Å². The molecule has 0 radical (unpaired) electrons. The Balaban J connectivity index is 2.21. The van der Waals surface area contributed by atoms with Crippen LogP contribution in [0.4, 0.5) is 0 Å². The zero-order valence-corrected chi connectivity index (χ0v) is 10.6. The van der Waals surface area contributed by atoms with E-state index in [-0.39, 0.29) is 10.4 Å². The van der Waals surface area contributed by atoms with Gasteiger partial charge in [0.2, 0.25) is 10.0 Å². The normalized spacial score (nSPS) is 12.1. The highest BCUT2D eigenvalue weighted by Gasteiger charge is 2.19. The summed E-state index contributed by atoms with van der Waals surface area (Å²) in [5, 5.41) is 7.20. The van der Waals surface area contributed by atoms with Gasteiger partial charge in [-0.2, -0.15) is 0 Å². The fourth-order valence-corrected chi connectivity index (χ4v) is 2.72. The molecule has 2 rings (SSSR count). The van der Waals surface area contributed by atoms with Gasteiger partial charge in [-0.05, 0) is 28.9 Å². The van der Waals surface area contributed by atoms with Gasteiger partial charge in [-0.1, -0.05) is 6.07 Å². The molecule has 0 amide bonds. The number of hydrogen-bond acceptors (Lipinski definition) is 6. The first kappa shape index (κ1) is 12.9. The number of fused-ring (bicyclic) bond motifs is 1. The van der Waals surface area contributed by atoms with E-state index in [0.29, 0.717) is 25.1 Å². The van der Waals surface area contributed by atoms with E-state index in [1.54, 1.807) is 19.2 Å². The van der Waals surface area contributed by atoms with Crippen LogP contribution < -0.4 is 4.72 Å². The maximum atomic E-state index is 12.0. The van der Waals surface area contributed by atoms with Crippen molar-refractivity contribution < 1.29 is 17.8 Å². The number of aromatic nitrogens is 2. The molecule has 0 fully saturated rings. The summed E-state index contributed by atoms with van der Waals surface area (Å²) in [6, 6.07) is 4.69. The van der Waals surface area contributed by atoms with Gasteiger partial charge in [-0.3, -0.25) is 0 Å². The summed E-state index contributed by atoms with van der Waals surface area (Å²) >= 11 is 0. The Bertz CT molecular complexity index is 623. The van der Waals surface area contributed by atoms with Gasteiger partial charge in [0.25, 0.3) is 0 Å². The van der Waals surface area contributed by atoms with Gasteiger partial charge in [-0.15, -0.1) is 0 Å². The van der Waals surface area contributed by atoms with Crippen LogP contribution in [0.2, 0.25) is 0 Å². The number of rotatable bonds is 6. The van der Waals surface area contributed by atoms with Crippen molar-refractivity contribution in [1.29, 1.82) is 0 Å². The van der Waals surface area contributed by atoms with Gasteiger partial charge in [0.05, 0.1) is 0 Å². The molecule has 0 aliphatic heterocycles. The van der Waals surface area contributed by atoms with Crippen LogP contribution in [0.25, 0.3) is 11.0 Å². The van der Waals surface area contributed by atoms with E-state index in [2.05, 4.69) is 19.7 Å². The maximum Gasteiger partial charge on any atom is 0.242 e. The number of nitrogens with zero attached hydrogens (tertiary/aromatic N) is 2. The molecule has 0 spiro atoms. The summed E-state index contributed by atoms with van der Waals surface area (Å²) in [4.78, 5) is 0.0682. The van der Waals surface area contributed by atoms with Crippen LogP contribution in [0.1, 0.15) is 6.42 Å². The van der Waals surface area contributed by atoms with Gasteiger partial charge in [0.15, 0.2) is 5.52 Å². The molecule has 0 unspecified atom stereocenters. The predicted molar refractivity (Wildman–Crippen MR) is 63.5 cm³/mol. The first-order valence-corrected chi connectivity index (χ1v) is 6.83. The molecule has 18 heavy (non-hydrogen) atoms. The van der Waals surface area contributed by atoms with E-state index >= 15 is 0 Å². The average molecular weight is 271 g/mol. The largest absolute Gasteiger partial charge is 0.385 e. The van der Waals surface area contributed by atoms with Gasteiger partial charge in [-0.25, -0.2) is 17.8 Å². The minimum Gasteiger partial charge on any atom is -0.385 e. The van der Waals surface area contributed by atoms with Crippen LogP contribution in [0, 0.1) is 0 Å². The highest BCUT2D eigenvalue weighted by Crippen LogP contribution is 2.19. The molecule has 8 heteroatoms. The summed E-state index contributed by atoms with van der Waals surface area (Å²) < 4.78 is 35.9. The molecule has 1 heterocycles. The van der Waals surface area contributed by atoms with Crippen molar-refractivity contribution in [3.05, 3.63) is 18.2 Å². The Morgan fingerprint density at radius 2 is 2.22 bits per heavy atom. The zero-order valence-electron chi connectivity index (χ0n) is 9.79. The molecule has 0 aliphatic rings. The predicted octanol–water partition coefficient (Wildman–Crippen LogP) is 0.538. The van der Waals surface area contributed by atoms with Crippen molar-refractivity contribution >= 4 is 21.1 Å². The van der Waals surface area contributed by atoms with Gasteiger partial charge in [0.1, 0.15) is 10.4 Å². The maximum absolute atomic E-state index is 12.0. The number of ether oxygens (including phenoxy) is 1. The number of hydrogen-bond donors (Lipinski definition) is 1. The molecule has 0 atom stereocenters. The molecule has 1 aromatic carbocycles. The van der Waals surface area contributed by atoms with E-state index in [0.717, 1.165) is 0 Å². The molecule has 0 bridgehead atoms. The standard InChI is InChI=1S/C10H13N3O4S/c1-16-7-3-6-11-18(14,15)9-5-2-4-8-10(9)13-17-12-8/h2,4-5,11H,3,6-7H2,1H3. The Morgan fingerprint density at radius 1 is 1.39 bits per heavy atom. The van der Waals surface area contributed by atoms with E-state index in [9.17, 15) is 8.42 Å². The van der Waals surface area contributed by atoms with Crippen molar-refractivity contribution in [1.82, 2.24) is 15.0 Å². The number of sulfonamides is 1. The van der Waals surface area contributed by atoms with Crippen molar-refractivity contribution in [3.8, 4) is 0 Å². The molecule has 7 nitrogen and oxygen atoms in total. The van der Waals surface area contributed by atoms with Crippen molar-refractivity contribution in [3.63, 3.8) is 0 Å².